The molecular formula is C27H30N6. The van der Waals surface area contributed by atoms with E-state index in [4.69, 9.17) is 9.97 Å². The number of imidazole rings is 1. The lowest BCUT2D eigenvalue weighted by atomic mass is 9.90. The normalized spacial score (nSPS) is 15.9. The average molecular weight is 439 g/mol. The number of fused-ring (bicyclic) bond motifs is 2. The standard InChI is InChI=1S/C27H30N6/c1-32(2)19-29-22-14-12-20(13-15-22)17-33(18-26-30-23-9-3-4-10-24(23)31-26)25-11-5-7-21-8-6-16-28-27(21)25/h3-4,6,8-10,12-16,19,25H,5,7,11,17-18H2,1-2H3,(H,30,31). The summed E-state index contributed by atoms with van der Waals surface area (Å²) in [7, 11) is 3.95. The molecule has 1 aliphatic rings. The first-order valence-electron chi connectivity index (χ1n) is 11.6. The monoisotopic (exact) mass is 438 g/mol. The van der Waals surface area contributed by atoms with Crippen molar-refractivity contribution in [3.05, 3.63) is 89.5 Å². The van der Waals surface area contributed by atoms with Gasteiger partial charge in [0.25, 0.3) is 0 Å². The molecule has 1 atom stereocenters. The Morgan fingerprint density at radius 2 is 1.88 bits per heavy atom. The zero-order valence-corrected chi connectivity index (χ0v) is 19.3. The predicted molar refractivity (Wildman–Crippen MR) is 134 cm³/mol. The summed E-state index contributed by atoms with van der Waals surface area (Å²) in [5.41, 5.74) is 6.90. The maximum absolute atomic E-state index is 4.86. The van der Waals surface area contributed by atoms with E-state index in [0.29, 0.717) is 0 Å². The molecule has 33 heavy (non-hydrogen) atoms. The fourth-order valence-corrected chi connectivity index (χ4v) is 4.59. The van der Waals surface area contributed by atoms with Crippen LogP contribution in [0.15, 0.2) is 71.9 Å². The van der Waals surface area contributed by atoms with Gasteiger partial charge in [0.1, 0.15) is 5.82 Å². The van der Waals surface area contributed by atoms with Gasteiger partial charge in [-0.05, 0) is 60.7 Å². The highest BCUT2D eigenvalue weighted by atomic mass is 15.2. The summed E-state index contributed by atoms with van der Waals surface area (Å²) in [4.78, 5) is 22.1. The van der Waals surface area contributed by atoms with Crippen LogP contribution in [0.4, 0.5) is 5.69 Å². The average Bonchev–Trinajstić information content (AvgIpc) is 3.25. The molecule has 0 amide bonds. The molecule has 1 aliphatic carbocycles. The minimum atomic E-state index is 0.273. The van der Waals surface area contributed by atoms with Gasteiger partial charge >= 0.3 is 0 Å². The van der Waals surface area contributed by atoms with Crippen molar-refractivity contribution >= 4 is 23.1 Å². The number of H-pyrrole nitrogens is 1. The van der Waals surface area contributed by atoms with E-state index in [2.05, 4.69) is 63.4 Å². The Morgan fingerprint density at radius 3 is 2.70 bits per heavy atom. The van der Waals surface area contributed by atoms with Gasteiger partial charge in [-0.25, -0.2) is 9.98 Å². The van der Waals surface area contributed by atoms with Gasteiger partial charge in [0.2, 0.25) is 0 Å². The van der Waals surface area contributed by atoms with E-state index in [-0.39, 0.29) is 6.04 Å². The number of aliphatic imine (C=N–C) groups is 1. The summed E-state index contributed by atoms with van der Waals surface area (Å²) < 4.78 is 0. The van der Waals surface area contributed by atoms with Crippen molar-refractivity contribution in [1.82, 2.24) is 24.8 Å². The van der Waals surface area contributed by atoms with E-state index in [0.717, 1.165) is 48.5 Å². The number of pyridine rings is 1. The lowest BCUT2D eigenvalue weighted by Gasteiger charge is -2.34. The zero-order chi connectivity index (χ0) is 22.6. The quantitative estimate of drug-likeness (QED) is 0.316. The molecule has 0 saturated carbocycles. The number of hydrogen-bond acceptors (Lipinski definition) is 4. The molecule has 2 aromatic carbocycles. The first-order chi connectivity index (χ1) is 16.2. The molecule has 6 nitrogen and oxygen atoms in total. The number of aryl methyl sites for hydroxylation is 1. The highest BCUT2D eigenvalue weighted by Gasteiger charge is 2.28. The van der Waals surface area contributed by atoms with Crippen LogP contribution < -0.4 is 0 Å². The van der Waals surface area contributed by atoms with Crippen molar-refractivity contribution in [2.24, 2.45) is 4.99 Å². The molecule has 0 radical (unpaired) electrons. The first-order valence-corrected chi connectivity index (χ1v) is 11.6. The van der Waals surface area contributed by atoms with Crippen molar-refractivity contribution in [1.29, 1.82) is 0 Å². The predicted octanol–water partition coefficient (Wildman–Crippen LogP) is 5.26. The Morgan fingerprint density at radius 1 is 1.03 bits per heavy atom. The van der Waals surface area contributed by atoms with E-state index in [9.17, 15) is 0 Å². The number of rotatable bonds is 7. The SMILES string of the molecule is CN(C)C=Nc1ccc(CN(Cc2nc3ccccc3[nH]2)C2CCCc3cccnc32)cc1. The van der Waals surface area contributed by atoms with Crippen LogP contribution in [0, 0.1) is 0 Å². The van der Waals surface area contributed by atoms with Crippen LogP contribution in [0.1, 0.15) is 41.5 Å². The van der Waals surface area contributed by atoms with Gasteiger partial charge in [-0.2, -0.15) is 0 Å². The van der Waals surface area contributed by atoms with Gasteiger partial charge in [-0.15, -0.1) is 0 Å². The van der Waals surface area contributed by atoms with E-state index < -0.39 is 0 Å². The molecule has 4 aromatic rings. The Kier molecular flexibility index (Phi) is 6.17. The topological polar surface area (TPSA) is 60.4 Å². The fraction of sp³-hybridized carbons (Fsp3) is 0.296. The molecule has 0 bridgehead atoms. The molecule has 0 saturated heterocycles. The van der Waals surface area contributed by atoms with Crippen LogP contribution in [-0.2, 0) is 19.5 Å². The summed E-state index contributed by atoms with van der Waals surface area (Å²) >= 11 is 0. The molecule has 2 heterocycles. The number of aromatic nitrogens is 3. The summed E-state index contributed by atoms with van der Waals surface area (Å²) in [5, 5.41) is 0. The third-order valence-corrected chi connectivity index (χ3v) is 6.16. The van der Waals surface area contributed by atoms with Crippen LogP contribution in [0.3, 0.4) is 0 Å². The van der Waals surface area contributed by atoms with Crippen molar-refractivity contribution in [2.75, 3.05) is 14.1 Å². The third kappa shape index (κ3) is 4.96. The summed E-state index contributed by atoms with van der Waals surface area (Å²) in [6, 6.07) is 21.3. The molecular weight excluding hydrogens is 408 g/mol. The van der Waals surface area contributed by atoms with Crippen LogP contribution in [0.2, 0.25) is 0 Å². The highest BCUT2D eigenvalue weighted by Crippen LogP contribution is 2.34. The molecule has 1 unspecified atom stereocenters. The summed E-state index contributed by atoms with van der Waals surface area (Å²) in [6.07, 6.45) is 7.14. The largest absolute Gasteiger partial charge is 0.369 e. The smallest absolute Gasteiger partial charge is 0.121 e. The summed E-state index contributed by atoms with van der Waals surface area (Å²) in [5.74, 6) is 0.992. The molecule has 2 aromatic heterocycles. The number of hydrogen-bond donors (Lipinski definition) is 1. The van der Waals surface area contributed by atoms with Crippen molar-refractivity contribution < 1.29 is 0 Å². The van der Waals surface area contributed by atoms with Crippen molar-refractivity contribution in [2.45, 2.75) is 38.4 Å². The van der Waals surface area contributed by atoms with E-state index >= 15 is 0 Å². The van der Waals surface area contributed by atoms with Crippen LogP contribution in [-0.4, -0.2) is 45.2 Å². The number of nitrogens with one attached hydrogen (secondary N) is 1. The first kappa shape index (κ1) is 21.3. The molecule has 1 N–H and O–H groups in total. The number of aromatic amines is 1. The molecule has 0 aliphatic heterocycles. The maximum atomic E-state index is 4.86. The second-order valence-corrected chi connectivity index (χ2v) is 8.94. The van der Waals surface area contributed by atoms with Crippen LogP contribution in [0.5, 0.6) is 0 Å². The Balaban J connectivity index is 1.44. The lowest BCUT2D eigenvalue weighted by Crippen LogP contribution is -2.31. The fourth-order valence-electron chi connectivity index (χ4n) is 4.59. The van der Waals surface area contributed by atoms with E-state index in [1.54, 1.807) is 0 Å². The van der Waals surface area contributed by atoms with Gasteiger partial charge in [-0.1, -0.05) is 30.3 Å². The maximum Gasteiger partial charge on any atom is 0.121 e. The Hall–Kier alpha value is -3.51. The molecule has 0 fully saturated rings. The second kappa shape index (κ2) is 9.55. The Bertz CT molecular complexity index is 1210. The third-order valence-electron chi connectivity index (χ3n) is 6.16. The number of para-hydroxylation sites is 2. The minimum absolute atomic E-state index is 0.273. The Labute approximate surface area is 195 Å². The molecule has 168 valence electrons. The van der Waals surface area contributed by atoms with Gasteiger partial charge in [-0.3, -0.25) is 9.88 Å². The van der Waals surface area contributed by atoms with Crippen LogP contribution >= 0.6 is 0 Å². The van der Waals surface area contributed by atoms with Crippen molar-refractivity contribution in [3.8, 4) is 0 Å². The lowest BCUT2D eigenvalue weighted by molar-refractivity contribution is 0.153. The number of benzene rings is 2. The van der Waals surface area contributed by atoms with Crippen molar-refractivity contribution in [3.63, 3.8) is 0 Å². The van der Waals surface area contributed by atoms with Gasteiger partial charge in [0.15, 0.2) is 0 Å². The summed E-state index contributed by atoms with van der Waals surface area (Å²) in [6.45, 7) is 1.57. The minimum Gasteiger partial charge on any atom is -0.369 e. The van der Waals surface area contributed by atoms with Gasteiger partial charge < -0.3 is 9.88 Å². The molecule has 5 rings (SSSR count). The second-order valence-electron chi connectivity index (χ2n) is 8.94. The zero-order valence-electron chi connectivity index (χ0n) is 19.3. The molecule has 0 spiro atoms. The molecule has 6 heteroatoms. The van der Waals surface area contributed by atoms with E-state index in [1.807, 2.05) is 43.7 Å². The van der Waals surface area contributed by atoms with E-state index in [1.165, 1.54) is 23.2 Å². The van der Waals surface area contributed by atoms with Gasteiger partial charge in [0, 0.05) is 26.8 Å². The highest BCUT2D eigenvalue weighted by molar-refractivity contribution is 5.74. The van der Waals surface area contributed by atoms with Crippen LogP contribution in [0.25, 0.3) is 11.0 Å². The van der Waals surface area contributed by atoms with Gasteiger partial charge in [0.05, 0.1) is 41.3 Å². The number of nitrogens with zero attached hydrogens (tertiary/aromatic N) is 5.